The number of halogens is 1. The lowest BCUT2D eigenvalue weighted by Gasteiger charge is -2.18. The van der Waals surface area contributed by atoms with Gasteiger partial charge in [0.05, 0.1) is 25.8 Å². The summed E-state index contributed by atoms with van der Waals surface area (Å²) in [7, 11) is 2.96. The summed E-state index contributed by atoms with van der Waals surface area (Å²) in [5.74, 6) is 0.958. The minimum absolute atomic E-state index is 0.333. The van der Waals surface area contributed by atoms with Crippen LogP contribution in [0, 0.1) is 17.1 Å². The van der Waals surface area contributed by atoms with E-state index in [1.54, 1.807) is 18.2 Å². The largest absolute Gasteiger partial charge is 0.493 e. The van der Waals surface area contributed by atoms with E-state index >= 15 is 0 Å². The molecule has 2 aromatic rings. The van der Waals surface area contributed by atoms with Crippen LogP contribution in [-0.2, 0) is 0 Å². The van der Waals surface area contributed by atoms with Gasteiger partial charge in [0.15, 0.2) is 11.5 Å². The van der Waals surface area contributed by atoms with Crippen molar-refractivity contribution in [2.75, 3.05) is 19.5 Å². The Morgan fingerprint density at radius 3 is 2.45 bits per heavy atom. The van der Waals surface area contributed by atoms with Gasteiger partial charge < -0.3 is 14.8 Å². The molecule has 0 unspecified atom stereocenters. The first-order valence-corrected chi connectivity index (χ1v) is 6.63. The van der Waals surface area contributed by atoms with E-state index in [0.717, 1.165) is 0 Å². The molecule has 0 radical (unpaired) electrons. The van der Waals surface area contributed by atoms with Crippen molar-refractivity contribution < 1.29 is 13.9 Å². The van der Waals surface area contributed by atoms with Gasteiger partial charge in [-0.25, -0.2) is 9.37 Å². The number of pyridine rings is 1. The molecule has 0 saturated heterocycles. The van der Waals surface area contributed by atoms with Crippen LogP contribution in [0.5, 0.6) is 11.5 Å². The molecule has 0 aliphatic heterocycles. The van der Waals surface area contributed by atoms with Crippen LogP contribution >= 0.6 is 0 Å². The predicted octanol–water partition coefficient (Wildman–Crippen LogP) is 3.28. The van der Waals surface area contributed by atoms with Gasteiger partial charge in [-0.15, -0.1) is 0 Å². The standard InChI is InChI=1S/C16H16FN3O2/c1-10(20-16-5-4-11(8-18)9-19-16)12-6-14(21-2)15(22-3)7-13(12)17/h4-7,9-10H,1-3H3,(H,19,20)/t10-/m0/s1. The lowest BCUT2D eigenvalue weighted by Crippen LogP contribution is -2.10. The highest BCUT2D eigenvalue weighted by molar-refractivity contribution is 5.47. The summed E-state index contributed by atoms with van der Waals surface area (Å²) in [5.41, 5.74) is 0.902. The van der Waals surface area contributed by atoms with Crippen molar-refractivity contribution in [2.45, 2.75) is 13.0 Å². The first kappa shape index (κ1) is 15.6. The van der Waals surface area contributed by atoms with Crippen LogP contribution in [0.3, 0.4) is 0 Å². The zero-order chi connectivity index (χ0) is 16.1. The van der Waals surface area contributed by atoms with Crippen molar-refractivity contribution in [3.8, 4) is 17.6 Å². The van der Waals surface area contributed by atoms with Crippen LogP contribution in [0.25, 0.3) is 0 Å². The van der Waals surface area contributed by atoms with Crippen molar-refractivity contribution in [3.63, 3.8) is 0 Å². The first-order valence-electron chi connectivity index (χ1n) is 6.63. The SMILES string of the molecule is COc1cc(F)c([C@H](C)Nc2ccc(C#N)cn2)cc1OC. The minimum Gasteiger partial charge on any atom is -0.493 e. The van der Waals surface area contributed by atoms with Crippen molar-refractivity contribution >= 4 is 5.82 Å². The Balaban J connectivity index is 2.24. The lowest BCUT2D eigenvalue weighted by molar-refractivity contribution is 0.351. The molecule has 1 atom stereocenters. The summed E-state index contributed by atoms with van der Waals surface area (Å²) in [6.45, 7) is 1.81. The number of aromatic nitrogens is 1. The van der Waals surface area contributed by atoms with E-state index in [4.69, 9.17) is 14.7 Å². The van der Waals surface area contributed by atoms with Crippen molar-refractivity contribution in [1.29, 1.82) is 5.26 Å². The van der Waals surface area contributed by atoms with E-state index in [0.29, 0.717) is 28.4 Å². The fraction of sp³-hybridized carbons (Fsp3) is 0.250. The van der Waals surface area contributed by atoms with Gasteiger partial charge in [0.1, 0.15) is 17.7 Å². The average molecular weight is 301 g/mol. The third kappa shape index (κ3) is 3.26. The van der Waals surface area contributed by atoms with Gasteiger partial charge in [-0.1, -0.05) is 0 Å². The number of nitrogens with zero attached hydrogens (tertiary/aromatic N) is 2. The molecule has 0 bridgehead atoms. The van der Waals surface area contributed by atoms with Crippen LogP contribution < -0.4 is 14.8 Å². The highest BCUT2D eigenvalue weighted by Crippen LogP contribution is 2.33. The summed E-state index contributed by atoms with van der Waals surface area (Å²) >= 11 is 0. The number of hydrogen-bond donors (Lipinski definition) is 1. The first-order chi connectivity index (χ1) is 10.6. The second-order valence-corrected chi connectivity index (χ2v) is 4.64. The van der Waals surface area contributed by atoms with E-state index in [1.807, 2.05) is 13.0 Å². The smallest absolute Gasteiger partial charge is 0.163 e. The molecular formula is C16H16FN3O2. The van der Waals surface area contributed by atoms with Gasteiger partial charge >= 0.3 is 0 Å². The summed E-state index contributed by atoms with van der Waals surface area (Å²) < 4.78 is 24.4. The summed E-state index contributed by atoms with van der Waals surface area (Å²) in [6, 6.07) is 7.87. The second-order valence-electron chi connectivity index (χ2n) is 4.64. The highest BCUT2D eigenvalue weighted by Gasteiger charge is 2.16. The Bertz CT molecular complexity index is 696. The number of ether oxygens (including phenoxy) is 2. The van der Waals surface area contributed by atoms with Crippen molar-refractivity contribution in [1.82, 2.24) is 4.98 Å². The lowest BCUT2D eigenvalue weighted by atomic mass is 10.1. The molecular weight excluding hydrogens is 285 g/mol. The van der Waals surface area contributed by atoms with Gasteiger partial charge in [-0.3, -0.25) is 0 Å². The van der Waals surface area contributed by atoms with Crippen molar-refractivity contribution in [2.24, 2.45) is 0 Å². The van der Waals surface area contributed by atoms with E-state index in [1.165, 1.54) is 26.5 Å². The molecule has 0 saturated carbocycles. The normalized spacial score (nSPS) is 11.4. The Labute approximate surface area is 128 Å². The van der Waals surface area contributed by atoms with Gasteiger partial charge in [0.25, 0.3) is 0 Å². The molecule has 0 fully saturated rings. The van der Waals surface area contributed by atoms with Gasteiger partial charge in [-0.2, -0.15) is 5.26 Å². The predicted molar refractivity (Wildman–Crippen MR) is 80.5 cm³/mol. The van der Waals surface area contributed by atoms with Gasteiger partial charge in [-0.05, 0) is 25.1 Å². The maximum Gasteiger partial charge on any atom is 0.163 e. The van der Waals surface area contributed by atoms with E-state index < -0.39 is 5.82 Å². The Morgan fingerprint density at radius 2 is 1.91 bits per heavy atom. The number of rotatable bonds is 5. The van der Waals surface area contributed by atoms with Crippen LogP contribution in [0.15, 0.2) is 30.5 Å². The summed E-state index contributed by atoms with van der Waals surface area (Å²) in [6.07, 6.45) is 1.46. The molecule has 6 heteroatoms. The Morgan fingerprint density at radius 1 is 1.23 bits per heavy atom. The number of hydrogen-bond acceptors (Lipinski definition) is 5. The fourth-order valence-corrected chi connectivity index (χ4v) is 2.05. The molecule has 2 rings (SSSR count). The molecule has 0 aliphatic rings. The molecule has 1 heterocycles. The van der Waals surface area contributed by atoms with Gasteiger partial charge in [0, 0.05) is 17.8 Å². The number of nitriles is 1. The molecule has 5 nitrogen and oxygen atoms in total. The third-order valence-corrected chi connectivity index (χ3v) is 3.23. The van der Waals surface area contributed by atoms with Crippen molar-refractivity contribution in [3.05, 3.63) is 47.4 Å². The van der Waals surface area contributed by atoms with E-state index in [9.17, 15) is 4.39 Å². The number of methoxy groups -OCH3 is 2. The molecule has 1 aromatic heterocycles. The fourth-order valence-electron chi connectivity index (χ4n) is 2.05. The average Bonchev–Trinajstić information content (AvgIpc) is 2.55. The van der Waals surface area contributed by atoms with Crippen LogP contribution in [0.1, 0.15) is 24.1 Å². The molecule has 22 heavy (non-hydrogen) atoms. The second kappa shape index (κ2) is 6.76. The zero-order valence-electron chi connectivity index (χ0n) is 12.6. The van der Waals surface area contributed by atoms with E-state index in [2.05, 4.69) is 10.3 Å². The third-order valence-electron chi connectivity index (χ3n) is 3.23. The quantitative estimate of drug-likeness (QED) is 0.918. The van der Waals surface area contributed by atoms with Gasteiger partial charge in [0.2, 0.25) is 0 Å². The number of anilines is 1. The molecule has 0 spiro atoms. The molecule has 114 valence electrons. The van der Waals surface area contributed by atoms with Crippen LogP contribution in [0.2, 0.25) is 0 Å². The Kier molecular flexibility index (Phi) is 4.79. The number of nitrogens with one attached hydrogen (secondary N) is 1. The topological polar surface area (TPSA) is 67.2 Å². The zero-order valence-corrected chi connectivity index (χ0v) is 12.6. The van der Waals surface area contributed by atoms with Crippen LogP contribution in [-0.4, -0.2) is 19.2 Å². The van der Waals surface area contributed by atoms with Crippen LogP contribution in [0.4, 0.5) is 10.2 Å². The molecule has 0 amide bonds. The minimum atomic E-state index is -0.397. The molecule has 1 aromatic carbocycles. The summed E-state index contributed by atoms with van der Waals surface area (Å²) in [4.78, 5) is 4.11. The highest BCUT2D eigenvalue weighted by atomic mass is 19.1. The number of benzene rings is 1. The summed E-state index contributed by atoms with van der Waals surface area (Å²) in [5, 5.41) is 11.8. The maximum atomic E-state index is 14.2. The molecule has 0 aliphatic carbocycles. The van der Waals surface area contributed by atoms with E-state index in [-0.39, 0.29) is 6.04 Å². The Hall–Kier alpha value is -2.81. The monoisotopic (exact) mass is 301 g/mol. The maximum absolute atomic E-state index is 14.2. The molecule has 1 N–H and O–H groups in total.